The molecule has 0 bridgehead atoms. The minimum atomic E-state index is 0.279. The van der Waals surface area contributed by atoms with E-state index in [1.807, 2.05) is 6.08 Å². The van der Waals surface area contributed by atoms with Gasteiger partial charge in [-0.15, -0.1) is 6.58 Å². The molecular formula is C16H14BrN. The normalized spacial score (nSPS) is 13.0. The maximum absolute atomic E-state index is 3.92. The lowest BCUT2D eigenvalue weighted by Crippen LogP contribution is -2.00. The summed E-state index contributed by atoms with van der Waals surface area (Å²) in [7, 11) is 0. The number of allylic oxidation sites excluding steroid dienone is 1. The maximum atomic E-state index is 3.92. The number of fused-ring (bicyclic) bond motifs is 3. The van der Waals surface area contributed by atoms with Crippen LogP contribution >= 0.6 is 15.9 Å². The molecule has 1 nitrogen and oxygen atoms in total. The second kappa shape index (κ2) is 4.29. The summed E-state index contributed by atoms with van der Waals surface area (Å²) in [6, 6.07) is 15.2. The van der Waals surface area contributed by atoms with Gasteiger partial charge in [0.2, 0.25) is 0 Å². The van der Waals surface area contributed by atoms with E-state index in [9.17, 15) is 0 Å². The van der Waals surface area contributed by atoms with Crippen LogP contribution < -0.4 is 0 Å². The highest BCUT2D eigenvalue weighted by Gasteiger charge is 2.12. The van der Waals surface area contributed by atoms with Crippen LogP contribution in [0.15, 0.2) is 59.6 Å². The molecule has 1 atom stereocenters. The van der Waals surface area contributed by atoms with E-state index in [2.05, 4.69) is 76.5 Å². The van der Waals surface area contributed by atoms with Crippen molar-refractivity contribution < 1.29 is 0 Å². The van der Waals surface area contributed by atoms with Crippen molar-refractivity contribution in [2.75, 3.05) is 0 Å². The summed E-state index contributed by atoms with van der Waals surface area (Å²) in [5.41, 5.74) is 2.51. The van der Waals surface area contributed by atoms with Crippen LogP contribution in [0.3, 0.4) is 0 Å². The van der Waals surface area contributed by atoms with E-state index in [-0.39, 0.29) is 6.04 Å². The first-order chi connectivity index (χ1) is 8.72. The van der Waals surface area contributed by atoms with Gasteiger partial charge in [0.25, 0.3) is 0 Å². The van der Waals surface area contributed by atoms with Gasteiger partial charge < -0.3 is 4.57 Å². The molecule has 0 aliphatic carbocycles. The molecule has 0 spiro atoms. The lowest BCUT2D eigenvalue weighted by atomic mass is 10.2. The zero-order valence-corrected chi connectivity index (χ0v) is 11.8. The molecule has 18 heavy (non-hydrogen) atoms. The molecule has 0 fully saturated rings. The molecule has 1 unspecified atom stereocenters. The Labute approximate surface area is 115 Å². The van der Waals surface area contributed by atoms with E-state index >= 15 is 0 Å². The first-order valence-corrected chi connectivity index (χ1v) is 6.82. The van der Waals surface area contributed by atoms with Crippen molar-refractivity contribution >= 4 is 37.7 Å². The fourth-order valence-electron chi connectivity index (χ4n) is 2.52. The number of rotatable bonds is 2. The fourth-order valence-corrected chi connectivity index (χ4v) is 2.87. The Bertz CT molecular complexity index is 739. The first-order valence-electron chi connectivity index (χ1n) is 6.03. The minimum absolute atomic E-state index is 0.279. The van der Waals surface area contributed by atoms with E-state index in [1.165, 1.54) is 21.8 Å². The second-order valence-electron chi connectivity index (χ2n) is 4.52. The van der Waals surface area contributed by atoms with Crippen molar-refractivity contribution in [3.8, 4) is 0 Å². The van der Waals surface area contributed by atoms with Gasteiger partial charge in [-0.25, -0.2) is 0 Å². The van der Waals surface area contributed by atoms with Gasteiger partial charge in [0, 0.05) is 26.8 Å². The Hall–Kier alpha value is -1.54. The van der Waals surface area contributed by atoms with Crippen LogP contribution in [0.25, 0.3) is 21.8 Å². The molecule has 1 aromatic heterocycles. The predicted molar refractivity (Wildman–Crippen MR) is 82.1 cm³/mol. The van der Waals surface area contributed by atoms with Gasteiger partial charge in [-0.05, 0) is 25.1 Å². The maximum Gasteiger partial charge on any atom is 0.0508 e. The molecule has 0 amide bonds. The highest BCUT2D eigenvalue weighted by atomic mass is 79.9. The number of aromatic nitrogens is 1. The topological polar surface area (TPSA) is 4.93 Å². The summed E-state index contributed by atoms with van der Waals surface area (Å²) >= 11 is 3.56. The van der Waals surface area contributed by atoms with Crippen LogP contribution in [0.1, 0.15) is 13.0 Å². The number of nitrogens with zero attached hydrogens (tertiary/aromatic N) is 1. The van der Waals surface area contributed by atoms with E-state index < -0.39 is 0 Å². The predicted octanol–water partition coefficient (Wildman–Crippen LogP) is 5.30. The van der Waals surface area contributed by atoms with E-state index in [1.54, 1.807) is 0 Å². The average molecular weight is 300 g/mol. The van der Waals surface area contributed by atoms with Gasteiger partial charge in [-0.1, -0.05) is 46.3 Å². The third-order valence-electron chi connectivity index (χ3n) is 3.42. The van der Waals surface area contributed by atoms with Gasteiger partial charge in [0.05, 0.1) is 5.52 Å². The van der Waals surface area contributed by atoms with E-state index in [0.717, 1.165) is 4.47 Å². The standard InChI is InChI=1S/C16H14BrN/c1-3-11(2)18-15-7-5-4-6-13(15)14-9-8-12(17)10-16(14)18/h3-11H,1H2,2H3. The molecule has 3 aromatic rings. The summed E-state index contributed by atoms with van der Waals surface area (Å²) < 4.78 is 3.44. The summed E-state index contributed by atoms with van der Waals surface area (Å²) in [5.74, 6) is 0. The average Bonchev–Trinajstić information content (AvgIpc) is 2.71. The number of benzene rings is 2. The van der Waals surface area contributed by atoms with Gasteiger partial charge in [-0.3, -0.25) is 0 Å². The Kier molecular flexibility index (Phi) is 2.75. The Morgan fingerprint density at radius 2 is 1.83 bits per heavy atom. The highest BCUT2D eigenvalue weighted by molar-refractivity contribution is 9.10. The molecule has 2 aromatic carbocycles. The van der Waals surface area contributed by atoms with Gasteiger partial charge in [-0.2, -0.15) is 0 Å². The van der Waals surface area contributed by atoms with Crippen LogP contribution in [0.2, 0.25) is 0 Å². The van der Waals surface area contributed by atoms with Crippen molar-refractivity contribution in [1.82, 2.24) is 4.57 Å². The number of hydrogen-bond donors (Lipinski definition) is 0. The number of hydrogen-bond acceptors (Lipinski definition) is 0. The molecule has 0 N–H and O–H groups in total. The molecule has 0 saturated carbocycles. The lowest BCUT2D eigenvalue weighted by Gasteiger charge is -2.12. The number of halogens is 1. The highest BCUT2D eigenvalue weighted by Crippen LogP contribution is 2.33. The van der Waals surface area contributed by atoms with E-state index in [4.69, 9.17) is 0 Å². The first kappa shape index (κ1) is 11.5. The van der Waals surface area contributed by atoms with Crippen molar-refractivity contribution in [2.45, 2.75) is 13.0 Å². The van der Waals surface area contributed by atoms with Gasteiger partial charge in [0.15, 0.2) is 0 Å². The third-order valence-corrected chi connectivity index (χ3v) is 3.91. The van der Waals surface area contributed by atoms with Crippen LogP contribution in [-0.4, -0.2) is 4.57 Å². The molecule has 0 saturated heterocycles. The van der Waals surface area contributed by atoms with Gasteiger partial charge >= 0.3 is 0 Å². The minimum Gasteiger partial charge on any atom is -0.334 e. The van der Waals surface area contributed by atoms with Crippen LogP contribution in [0, 0.1) is 0 Å². The lowest BCUT2D eigenvalue weighted by molar-refractivity contribution is 0.712. The van der Waals surface area contributed by atoms with Crippen LogP contribution in [0.5, 0.6) is 0 Å². The smallest absolute Gasteiger partial charge is 0.0508 e. The van der Waals surface area contributed by atoms with Crippen molar-refractivity contribution in [3.63, 3.8) is 0 Å². The molecule has 0 aliphatic rings. The molecule has 2 heteroatoms. The fraction of sp³-hybridized carbons (Fsp3) is 0.125. The molecule has 1 heterocycles. The Morgan fingerprint density at radius 1 is 1.11 bits per heavy atom. The van der Waals surface area contributed by atoms with Crippen molar-refractivity contribution in [2.24, 2.45) is 0 Å². The molecule has 0 radical (unpaired) electrons. The molecule has 3 rings (SSSR count). The summed E-state index contributed by atoms with van der Waals surface area (Å²) in [6.07, 6.45) is 1.98. The zero-order valence-electron chi connectivity index (χ0n) is 10.2. The Balaban J connectivity index is 2.54. The largest absolute Gasteiger partial charge is 0.334 e. The van der Waals surface area contributed by atoms with E-state index in [0.29, 0.717) is 0 Å². The van der Waals surface area contributed by atoms with Crippen molar-refractivity contribution in [1.29, 1.82) is 0 Å². The molecule has 0 aliphatic heterocycles. The molecule has 90 valence electrons. The molecular weight excluding hydrogens is 286 g/mol. The Morgan fingerprint density at radius 3 is 2.61 bits per heavy atom. The SMILES string of the molecule is C=CC(C)n1c2ccccc2c2ccc(Br)cc21. The second-order valence-corrected chi connectivity index (χ2v) is 5.44. The number of para-hydroxylation sites is 1. The zero-order chi connectivity index (χ0) is 12.7. The monoisotopic (exact) mass is 299 g/mol. The van der Waals surface area contributed by atoms with Crippen molar-refractivity contribution in [3.05, 3.63) is 59.6 Å². The third kappa shape index (κ3) is 1.60. The summed E-state index contributed by atoms with van der Waals surface area (Å²) in [5, 5.41) is 2.59. The quantitative estimate of drug-likeness (QED) is 0.566. The summed E-state index contributed by atoms with van der Waals surface area (Å²) in [4.78, 5) is 0. The van der Waals surface area contributed by atoms with Crippen LogP contribution in [0.4, 0.5) is 0 Å². The van der Waals surface area contributed by atoms with Crippen LogP contribution in [-0.2, 0) is 0 Å². The van der Waals surface area contributed by atoms with Gasteiger partial charge in [0.1, 0.15) is 0 Å². The summed E-state index contributed by atoms with van der Waals surface area (Å²) in [6.45, 7) is 6.09.